The number of nitrogens with zero attached hydrogens (tertiary/aromatic N) is 1. The number of thiazole rings is 1. The molecule has 1 aromatic heterocycles. The fourth-order valence-electron chi connectivity index (χ4n) is 2.07. The predicted octanol–water partition coefficient (Wildman–Crippen LogP) is 4.80. The van der Waals surface area contributed by atoms with Crippen LogP contribution in [0.15, 0.2) is 35.8 Å². The van der Waals surface area contributed by atoms with Crippen molar-refractivity contribution >= 4 is 17.0 Å². The summed E-state index contributed by atoms with van der Waals surface area (Å²) >= 11 is 1.68. The molecule has 0 spiro atoms. The van der Waals surface area contributed by atoms with Crippen molar-refractivity contribution in [3.05, 3.63) is 35.8 Å². The molecule has 0 saturated carbocycles. The first-order valence-corrected chi connectivity index (χ1v) is 7.48. The highest BCUT2D eigenvalue weighted by Gasteiger charge is 2.06. The first-order chi connectivity index (χ1) is 8.83. The lowest BCUT2D eigenvalue weighted by Crippen LogP contribution is -2.17. The van der Waals surface area contributed by atoms with Crippen molar-refractivity contribution in [1.82, 2.24) is 4.98 Å². The van der Waals surface area contributed by atoms with Crippen LogP contribution < -0.4 is 5.32 Å². The van der Waals surface area contributed by atoms with Crippen LogP contribution in [0.1, 0.15) is 33.1 Å². The van der Waals surface area contributed by atoms with Gasteiger partial charge in [0, 0.05) is 28.9 Å². The van der Waals surface area contributed by atoms with Crippen LogP contribution in [0.2, 0.25) is 0 Å². The minimum atomic E-state index is 0.571. The molecule has 2 nitrogen and oxygen atoms in total. The van der Waals surface area contributed by atoms with Gasteiger partial charge in [0.05, 0.1) is 0 Å². The minimum absolute atomic E-state index is 0.571. The van der Waals surface area contributed by atoms with E-state index in [9.17, 15) is 0 Å². The highest BCUT2D eigenvalue weighted by atomic mass is 32.1. The average molecular weight is 260 g/mol. The molecule has 1 unspecified atom stereocenters. The molecule has 2 rings (SSSR count). The van der Waals surface area contributed by atoms with Gasteiger partial charge in [-0.3, -0.25) is 0 Å². The number of hydrogen-bond acceptors (Lipinski definition) is 3. The Morgan fingerprint density at radius 1 is 1.33 bits per heavy atom. The van der Waals surface area contributed by atoms with E-state index in [-0.39, 0.29) is 0 Å². The summed E-state index contributed by atoms with van der Waals surface area (Å²) in [6, 6.07) is 9.11. The van der Waals surface area contributed by atoms with E-state index in [0.29, 0.717) is 6.04 Å². The van der Waals surface area contributed by atoms with Gasteiger partial charge < -0.3 is 5.32 Å². The molecular formula is C15H20N2S. The Labute approximate surface area is 113 Å². The largest absolute Gasteiger partial charge is 0.382 e. The van der Waals surface area contributed by atoms with Gasteiger partial charge in [0.1, 0.15) is 5.01 Å². The first kappa shape index (κ1) is 13.1. The summed E-state index contributed by atoms with van der Waals surface area (Å²) < 4.78 is 0. The minimum Gasteiger partial charge on any atom is -0.382 e. The second-order valence-corrected chi connectivity index (χ2v) is 5.35. The third-order valence-electron chi connectivity index (χ3n) is 3.04. The molecule has 0 aliphatic heterocycles. The molecule has 2 aromatic rings. The van der Waals surface area contributed by atoms with E-state index in [0.717, 1.165) is 11.4 Å². The maximum absolute atomic E-state index is 4.35. The normalized spacial score (nSPS) is 12.3. The van der Waals surface area contributed by atoms with Crippen LogP contribution in [-0.4, -0.2) is 11.0 Å². The van der Waals surface area contributed by atoms with Crippen LogP contribution in [0.25, 0.3) is 10.6 Å². The molecule has 1 aromatic carbocycles. The third kappa shape index (κ3) is 3.33. The van der Waals surface area contributed by atoms with Crippen molar-refractivity contribution in [3.63, 3.8) is 0 Å². The summed E-state index contributed by atoms with van der Waals surface area (Å²) in [6.07, 6.45) is 5.46. The monoisotopic (exact) mass is 260 g/mol. The van der Waals surface area contributed by atoms with Gasteiger partial charge in [-0.15, -0.1) is 11.3 Å². The van der Waals surface area contributed by atoms with Crippen molar-refractivity contribution < 1.29 is 0 Å². The van der Waals surface area contributed by atoms with Crippen molar-refractivity contribution in [1.29, 1.82) is 0 Å². The maximum atomic E-state index is 4.35. The van der Waals surface area contributed by atoms with Gasteiger partial charge >= 0.3 is 0 Å². The van der Waals surface area contributed by atoms with Crippen molar-refractivity contribution in [2.45, 2.75) is 39.2 Å². The van der Waals surface area contributed by atoms with Gasteiger partial charge in [0.15, 0.2) is 0 Å². The zero-order valence-electron chi connectivity index (χ0n) is 11.0. The SMILES string of the molecule is CCCC(CC)Nc1cccc(-c2nccs2)c1. The van der Waals surface area contributed by atoms with Crippen LogP contribution in [0.4, 0.5) is 5.69 Å². The number of aromatic nitrogens is 1. The summed E-state index contributed by atoms with van der Waals surface area (Å²) in [5.41, 5.74) is 2.39. The summed E-state index contributed by atoms with van der Waals surface area (Å²) in [5.74, 6) is 0. The van der Waals surface area contributed by atoms with Crippen LogP contribution >= 0.6 is 11.3 Å². The zero-order chi connectivity index (χ0) is 12.8. The lowest BCUT2D eigenvalue weighted by molar-refractivity contribution is 0.623. The average Bonchev–Trinajstić information content (AvgIpc) is 2.92. The predicted molar refractivity (Wildman–Crippen MR) is 80.2 cm³/mol. The fraction of sp³-hybridized carbons (Fsp3) is 0.400. The number of anilines is 1. The topological polar surface area (TPSA) is 24.9 Å². The molecule has 1 heterocycles. The molecule has 0 amide bonds. The number of rotatable bonds is 6. The van der Waals surface area contributed by atoms with E-state index in [2.05, 4.69) is 48.4 Å². The van der Waals surface area contributed by atoms with E-state index >= 15 is 0 Å². The van der Waals surface area contributed by atoms with Gasteiger partial charge in [0.2, 0.25) is 0 Å². The van der Waals surface area contributed by atoms with E-state index < -0.39 is 0 Å². The summed E-state index contributed by atoms with van der Waals surface area (Å²) in [6.45, 7) is 4.47. The molecule has 0 fully saturated rings. The number of nitrogens with one attached hydrogen (secondary N) is 1. The molecule has 0 radical (unpaired) electrons. The number of hydrogen-bond donors (Lipinski definition) is 1. The molecule has 0 saturated heterocycles. The van der Waals surface area contributed by atoms with Crippen molar-refractivity contribution in [2.24, 2.45) is 0 Å². The molecule has 1 N–H and O–H groups in total. The highest BCUT2D eigenvalue weighted by molar-refractivity contribution is 7.13. The van der Waals surface area contributed by atoms with Crippen LogP contribution in [0.5, 0.6) is 0 Å². The van der Waals surface area contributed by atoms with Gasteiger partial charge in [-0.25, -0.2) is 4.98 Å². The van der Waals surface area contributed by atoms with Crippen LogP contribution in [0, 0.1) is 0 Å². The Kier molecular flexibility index (Phi) is 4.76. The van der Waals surface area contributed by atoms with Crippen molar-refractivity contribution in [2.75, 3.05) is 5.32 Å². The molecule has 0 bridgehead atoms. The second kappa shape index (κ2) is 6.55. The molecule has 96 valence electrons. The standard InChI is InChI=1S/C15H20N2S/c1-3-6-13(4-2)17-14-8-5-7-12(11-14)15-16-9-10-18-15/h5,7-11,13,17H,3-4,6H2,1-2H3. The van der Waals surface area contributed by atoms with Gasteiger partial charge in [-0.05, 0) is 25.0 Å². The van der Waals surface area contributed by atoms with E-state index in [1.54, 1.807) is 11.3 Å². The van der Waals surface area contributed by atoms with Gasteiger partial charge in [-0.1, -0.05) is 32.4 Å². The maximum Gasteiger partial charge on any atom is 0.123 e. The second-order valence-electron chi connectivity index (χ2n) is 4.46. The van der Waals surface area contributed by atoms with Gasteiger partial charge in [-0.2, -0.15) is 0 Å². The first-order valence-electron chi connectivity index (χ1n) is 6.60. The number of benzene rings is 1. The smallest absolute Gasteiger partial charge is 0.123 e. The lowest BCUT2D eigenvalue weighted by Gasteiger charge is -2.17. The molecule has 0 aliphatic carbocycles. The van der Waals surface area contributed by atoms with Gasteiger partial charge in [0.25, 0.3) is 0 Å². The molecule has 18 heavy (non-hydrogen) atoms. The lowest BCUT2D eigenvalue weighted by atomic mass is 10.1. The van der Waals surface area contributed by atoms with Crippen LogP contribution in [-0.2, 0) is 0 Å². The summed E-state index contributed by atoms with van der Waals surface area (Å²) in [7, 11) is 0. The summed E-state index contributed by atoms with van der Waals surface area (Å²) in [5, 5.41) is 6.71. The van der Waals surface area contributed by atoms with Crippen molar-refractivity contribution in [3.8, 4) is 10.6 Å². The van der Waals surface area contributed by atoms with Crippen LogP contribution in [0.3, 0.4) is 0 Å². The Morgan fingerprint density at radius 3 is 2.89 bits per heavy atom. The van der Waals surface area contributed by atoms with E-state index in [1.807, 2.05) is 11.6 Å². The fourth-order valence-corrected chi connectivity index (χ4v) is 2.71. The third-order valence-corrected chi connectivity index (χ3v) is 3.86. The summed E-state index contributed by atoms with van der Waals surface area (Å²) in [4.78, 5) is 4.35. The molecule has 0 aliphatic rings. The Hall–Kier alpha value is -1.35. The molecule has 3 heteroatoms. The molecule has 1 atom stereocenters. The Balaban J connectivity index is 2.12. The quantitative estimate of drug-likeness (QED) is 0.807. The molecular weight excluding hydrogens is 240 g/mol. The highest BCUT2D eigenvalue weighted by Crippen LogP contribution is 2.25. The van der Waals surface area contributed by atoms with E-state index in [1.165, 1.54) is 24.1 Å². The van der Waals surface area contributed by atoms with E-state index in [4.69, 9.17) is 0 Å². The Morgan fingerprint density at radius 2 is 2.22 bits per heavy atom. The zero-order valence-corrected chi connectivity index (χ0v) is 11.8. The Bertz CT molecular complexity index is 465.